The summed E-state index contributed by atoms with van der Waals surface area (Å²) in [7, 11) is 0. The molecule has 0 bridgehead atoms. The van der Waals surface area contributed by atoms with Crippen molar-refractivity contribution in [3.05, 3.63) is 87.9 Å². The van der Waals surface area contributed by atoms with E-state index in [1.165, 1.54) is 0 Å². The van der Waals surface area contributed by atoms with Gasteiger partial charge in [0.15, 0.2) is 0 Å². The summed E-state index contributed by atoms with van der Waals surface area (Å²) in [6.45, 7) is 0.428. The summed E-state index contributed by atoms with van der Waals surface area (Å²) in [5.41, 5.74) is 5.29. The van der Waals surface area contributed by atoms with Gasteiger partial charge in [0.2, 0.25) is 0 Å². The molecule has 0 radical (unpaired) electrons. The standard InChI is InChI=1S/C26H23BrN2O5/c27-17-12-16(25(32)28-11-5-10-24(30)31)13-18(14-17)29-26(33)34-15-23-21-8-3-1-6-19(21)20-7-2-4-9-22(20)23/h1-4,6-9,12-14,23H,5,10-11,15H2,(H,28,32)(H,29,33)(H,30,31). The van der Waals surface area contributed by atoms with E-state index in [0.29, 0.717) is 22.1 Å². The predicted octanol–water partition coefficient (Wildman–Crippen LogP) is 5.40. The Hall–Kier alpha value is -3.65. The first kappa shape index (κ1) is 23.5. The van der Waals surface area contributed by atoms with Crippen molar-refractivity contribution in [2.75, 3.05) is 18.5 Å². The Balaban J connectivity index is 1.38. The molecular formula is C26H23BrN2O5. The highest BCUT2D eigenvalue weighted by molar-refractivity contribution is 9.10. The third kappa shape index (κ3) is 5.46. The molecule has 3 aromatic carbocycles. The third-order valence-electron chi connectivity index (χ3n) is 5.60. The molecule has 174 valence electrons. The summed E-state index contributed by atoms with van der Waals surface area (Å²) in [6, 6.07) is 21.0. The number of ether oxygens (including phenoxy) is 1. The van der Waals surface area contributed by atoms with E-state index in [0.717, 1.165) is 22.3 Å². The zero-order valence-electron chi connectivity index (χ0n) is 18.2. The summed E-state index contributed by atoms with van der Waals surface area (Å²) in [4.78, 5) is 35.5. The number of rotatable bonds is 8. The van der Waals surface area contributed by atoms with Crippen LogP contribution in [0.1, 0.15) is 40.2 Å². The minimum absolute atomic E-state index is 0.0205. The van der Waals surface area contributed by atoms with Crippen molar-refractivity contribution in [3.63, 3.8) is 0 Å². The van der Waals surface area contributed by atoms with Gasteiger partial charge < -0.3 is 15.2 Å². The van der Waals surface area contributed by atoms with Gasteiger partial charge in [-0.15, -0.1) is 0 Å². The van der Waals surface area contributed by atoms with Crippen LogP contribution in [0.2, 0.25) is 0 Å². The highest BCUT2D eigenvalue weighted by Gasteiger charge is 2.29. The molecule has 34 heavy (non-hydrogen) atoms. The molecule has 7 nitrogen and oxygen atoms in total. The second-order valence-corrected chi connectivity index (χ2v) is 8.85. The topological polar surface area (TPSA) is 105 Å². The van der Waals surface area contributed by atoms with Crippen molar-refractivity contribution in [1.82, 2.24) is 5.32 Å². The minimum atomic E-state index is -0.911. The highest BCUT2D eigenvalue weighted by atomic mass is 79.9. The minimum Gasteiger partial charge on any atom is -0.481 e. The molecule has 3 N–H and O–H groups in total. The van der Waals surface area contributed by atoms with E-state index in [1.54, 1.807) is 18.2 Å². The van der Waals surface area contributed by atoms with Crippen LogP contribution in [0.5, 0.6) is 0 Å². The van der Waals surface area contributed by atoms with Crippen molar-refractivity contribution in [1.29, 1.82) is 0 Å². The molecule has 1 aliphatic carbocycles. The number of carbonyl (C=O) groups excluding carboxylic acids is 2. The van der Waals surface area contributed by atoms with Gasteiger partial charge in [-0.3, -0.25) is 14.9 Å². The molecule has 0 spiro atoms. The maximum absolute atomic E-state index is 12.6. The molecular weight excluding hydrogens is 500 g/mol. The molecule has 1 aliphatic rings. The molecule has 0 heterocycles. The van der Waals surface area contributed by atoms with Crippen molar-refractivity contribution >= 4 is 39.6 Å². The Morgan fingerprint density at radius 2 is 1.59 bits per heavy atom. The van der Waals surface area contributed by atoms with Crippen molar-refractivity contribution in [2.45, 2.75) is 18.8 Å². The molecule has 0 saturated carbocycles. The number of amides is 2. The van der Waals surface area contributed by atoms with Crippen LogP contribution in [0.3, 0.4) is 0 Å². The van der Waals surface area contributed by atoms with Gasteiger partial charge in [0.1, 0.15) is 6.61 Å². The molecule has 2 amide bonds. The van der Waals surface area contributed by atoms with E-state index >= 15 is 0 Å². The summed E-state index contributed by atoms with van der Waals surface area (Å²) < 4.78 is 6.17. The average molecular weight is 523 g/mol. The van der Waals surface area contributed by atoms with Crippen LogP contribution in [0.25, 0.3) is 11.1 Å². The molecule has 0 aliphatic heterocycles. The number of benzene rings is 3. The zero-order valence-corrected chi connectivity index (χ0v) is 19.8. The molecule has 0 saturated heterocycles. The van der Waals surface area contributed by atoms with E-state index in [-0.39, 0.29) is 31.4 Å². The van der Waals surface area contributed by atoms with Crippen LogP contribution < -0.4 is 10.6 Å². The van der Waals surface area contributed by atoms with Gasteiger partial charge in [0.05, 0.1) is 0 Å². The number of carbonyl (C=O) groups is 3. The lowest BCUT2D eigenvalue weighted by Gasteiger charge is -2.15. The second kappa shape index (κ2) is 10.5. The van der Waals surface area contributed by atoms with Gasteiger partial charge in [0.25, 0.3) is 5.91 Å². The number of aliphatic carboxylic acids is 1. The number of halogens is 1. The average Bonchev–Trinajstić information content (AvgIpc) is 3.13. The first-order chi connectivity index (χ1) is 16.4. The fourth-order valence-corrected chi connectivity index (χ4v) is 4.58. The van der Waals surface area contributed by atoms with E-state index in [9.17, 15) is 14.4 Å². The summed E-state index contributed by atoms with van der Waals surface area (Å²) >= 11 is 3.35. The van der Waals surface area contributed by atoms with Crippen molar-refractivity contribution < 1.29 is 24.2 Å². The van der Waals surface area contributed by atoms with Crippen LogP contribution in [0, 0.1) is 0 Å². The maximum atomic E-state index is 12.6. The molecule has 0 atom stereocenters. The number of nitrogens with one attached hydrogen (secondary N) is 2. The first-order valence-corrected chi connectivity index (χ1v) is 11.6. The molecule has 0 aromatic heterocycles. The molecule has 4 rings (SSSR count). The largest absolute Gasteiger partial charge is 0.481 e. The lowest BCUT2D eigenvalue weighted by atomic mass is 9.98. The van der Waals surface area contributed by atoms with Crippen molar-refractivity contribution in [2.24, 2.45) is 0 Å². The maximum Gasteiger partial charge on any atom is 0.411 e. The smallest absolute Gasteiger partial charge is 0.411 e. The van der Waals surface area contributed by atoms with Crippen LogP contribution in [0.15, 0.2) is 71.2 Å². The van der Waals surface area contributed by atoms with Gasteiger partial charge in [-0.2, -0.15) is 0 Å². The zero-order chi connectivity index (χ0) is 24.1. The molecule has 0 unspecified atom stereocenters. The number of hydrogen-bond acceptors (Lipinski definition) is 4. The number of anilines is 1. The fourth-order valence-electron chi connectivity index (χ4n) is 4.09. The summed E-state index contributed by atoms with van der Waals surface area (Å²) in [5, 5.41) is 14.1. The summed E-state index contributed by atoms with van der Waals surface area (Å²) in [5.74, 6) is -1.32. The lowest BCUT2D eigenvalue weighted by Crippen LogP contribution is -2.25. The monoisotopic (exact) mass is 522 g/mol. The van der Waals surface area contributed by atoms with E-state index in [4.69, 9.17) is 9.84 Å². The summed E-state index contributed by atoms with van der Waals surface area (Å²) in [6.07, 6.45) is -0.305. The van der Waals surface area contributed by atoms with Gasteiger partial charge >= 0.3 is 12.1 Å². The Kier molecular flexibility index (Phi) is 7.27. The first-order valence-electron chi connectivity index (χ1n) is 10.8. The Labute approximate surface area is 205 Å². The SMILES string of the molecule is O=C(O)CCCNC(=O)c1cc(Br)cc(NC(=O)OCC2c3ccccc3-c3ccccc32)c1. The van der Waals surface area contributed by atoms with Gasteiger partial charge in [0, 0.05) is 34.6 Å². The van der Waals surface area contributed by atoms with E-state index < -0.39 is 12.1 Å². The second-order valence-electron chi connectivity index (χ2n) is 7.93. The van der Waals surface area contributed by atoms with Crippen LogP contribution in [0.4, 0.5) is 10.5 Å². The van der Waals surface area contributed by atoms with Gasteiger partial charge in [-0.1, -0.05) is 64.5 Å². The molecule has 8 heteroatoms. The van der Waals surface area contributed by atoms with Crippen molar-refractivity contribution in [3.8, 4) is 11.1 Å². The highest BCUT2D eigenvalue weighted by Crippen LogP contribution is 2.44. The molecule has 0 fully saturated rings. The van der Waals surface area contributed by atoms with E-state index in [1.807, 2.05) is 24.3 Å². The number of carboxylic acids is 1. The predicted molar refractivity (Wildman–Crippen MR) is 132 cm³/mol. The Morgan fingerprint density at radius 3 is 2.24 bits per heavy atom. The van der Waals surface area contributed by atoms with Gasteiger partial charge in [-0.05, 0) is 46.9 Å². The number of hydrogen-bond donors (Lipinski definition) is 3. The van der Waals surface area contributed by atoms with Crippen LogP contribution >= 0.6 is 15.9 Å². The van der Waals surface area contributed by atoms with Crippen LogP contribution in [-0.2, 0) is 9.53 Å². The normalized spacial score (nSPS) is 11.9. The Morgan fingerprint density at radius 1 is 0.941 bits per heavy atom. The molecule has 3 aromatic rings. The number of fused-ring (bicyclic) bond motifs is 3. The third-order valence-corrected chi connectivity index (χ3v) is 6.06. The lowest BCUT2D eigenvalue weighted by molar-refractivity contribution is -0.137. The number of carboxylic acid groups (broad SMARTS) is 1. The van der Waals surface area contributed by atoms with Crippen LogP contribution in [-0.4, -0.2) is 36.2 Å². The fraction of sp³-hybridized carbons (Fsp3) is 0.192. The quantitative estimate of drug-likeness (QED) is 0.343. The Bertz CT molecular complexity index is 1200. The van der Waals surface area contributed by atoms with Gasteiger partial charge in [-0.25, -0.2) is 4.79 Å². The van der Waals surface area contributed by atoms with E-state index in [2.05, 4.69) is 50.8 Å².